The average molecular weight is 267 g/mol. The van der Waals surface area contributed by atoms with E-state index in [0.717, 1.165) is 29.0 Å². The third-order valence-electron chi connectivity index (χ3n) is 2.81. The summed E-state index contributed by atoms with van der Waals surface area (Å²) in [7, 11) is 0. The number of benzene rings is 1. The van der Waals surface area contributed by atoms with Crippen LogP contribution in [-0.4, -0.2) is 22.8 Å². The Labute approximate surface area is 96.2 Å². The maximum absolute atomic E-state index is 5.23. The van der Waals surface area contributed by atoms with Crippen LogP contribution >= 0.6 is 15.9 Å². The van der Waals surface area contributed by atoms with Gasteiger partial charge < -0.3 is 9.30 Å². The maximum Gasteiger partial charge on any atom is 0.107 e. The van der Waals surface area contributed by atoms with E-state index in [9.17, 15) is 0 Å². The van der Waals surface area contributed by atoms with Crippen molar-refractivity contribution in [3.05, 3.63) is 28.5 Å². The van der Waals surface area contributed by atoms with Crippen LogP contribution in [0.3, 0.4) is 0 Å². The second-order valence-corrected chi connectivity index (χ2v) is 4.77. The number of aromatic nitrogens is 2. The molecule has 3 nitrogen and oxygen atoms in total. The minimum Gasteiger partial charge on any atom is -0.377 e. The summed E-state index contributed by atoms with van der Waals surface area (Å²) < 4.78 is 8.59. The SMILES string of the molecule is Cc1nc2ccc(Br)cc2n1C1COC1. The summed E-state index contributed by atoms with van der Waals surface area (Å²) in [6, 6.07) is 6.65. The van der Waals surface area contributed by atoms with Crippen molar-refractivity contribution in [3.63, 3.8) is 0 Å². The van der Waals surface area contributed by atoms with Crippen molar-refractivity contribution >= 4 is 27.0 Å². The molecule has 0 aliphatic carbocycles. The van der Waals surface area contributed by atoms with Crippen LogP contribution in [0, 0.1) is 6.92 Å². The van der Waals surface area contributed by atoms with Crippen molar-refractivity contribution in [3.8, 4) is 0 Å². The molecule has 1 aromatic heterocycles. The summed E-state index contributed by atoms with van der Waals surface area (Å²) in [4.78, 5) is 4.54. The van der Waals surface area contributed by atoms with Crippen molar-refractivity contribution in [2.45, 2.75) is 13.0 Å². The second kappa shape index (κ2) is 3.32. The number of ether oxygens (including phenoxy) is 1. The van der Waals surface area contributed by atoms with Gasteiger partial charge in [0.1, 0.15) is 5.82 Å². The van der Waals surface area contributed by atoms with E-state index < -0.39 is 0 Å². The van der Waals surface area contributed by atoms with Gasteiger partial charge in [-0.25, -0.2) is 4.98 Å². The van der Waals surface area contributed by atoms with E-state index in [1.54, 1.807) is 0 Å². The van der Waals surface area contributed by atoms with Gasteiger partial charge in [0.05, 0.1) is 30.3 Å². The molecule has 2 heterocycles. The Hall–Kier alpha value is -0.870. The molecule has 0 amide bonds. The van der Waals surface area contributed by atoms with Crippen molar-refractivity contribution < 1.29 is 4.74 Å². The lowest BCUT2D eigenvalue weighted by Gasteiger charge is -2.28. The molecule has 1 aliphatic rings. The zero-order chi connectivity index (χ0) is 10.4. The second-order valence-electron chi connectivity index (χ2n) is 3.85. The molecule has 0 N–H and O–H groups in total. The molecule has 0 saturated carbocycles. The Morgan fingerprint density at radius 2 is 2.27 bits per heavy atom. The number of fused-ring (bicyclic) bond motifs is 1. The normalized spacial score (nSPS) is 16.9. The van der Waals surface area contributed by atoms with E-state index in [1.807, 2.05) is 19.1 Å². The summed E-state index contributed by atoms with van der Waals surface area (Å²) in [5.74, 6) is 1.07. The number of hydrogen-bond donors (Lipinski definition) is 0. The average Bonchev–Trinajstić information content (AvgIpc) is 2.42. The molecule has 1 aliphatic heterocycles. The lowest BCUT2D eigenvalue weighted by Crippen LogP contribution is -2.31. The minimum atomic E-state index is 0.462. The van der Waals surface area contributed by atoms with Gasteiger partial charge >= 0.3 is 0 Å². The van der Waals surface area contributed by atoms with Crippen molar-refractivity contribution in [1.29, 1.82) is 0 Å². The Bertz CT molecular complexity index is 517. The van der Waals surface area contributed by atoms with E-state index in [0.29, 0.717) is 6.04 Å². The lowest BCUT2D eigenvalue weighted by molar-refractivity contribution is -0.0224. The Morgan fingerprint density at radius 3 is 2.93 bits per heavy atom. The third-order valence-corrected chi connectivity index (χ3v) is 3.31. The zero-order valence-electron chi connectivity index (χ0n) is 8.40. The number of halogens is 1. The minimum absolute atomic E-state index is 0.462. The van der Waals surface area contributed by atoms with Crippen LogP contribution in [0.25, 0.3) is 11.0 Å². The molecule has 0 spiro atoms. The monoisotopic (exact) mass is 266 g/mol. The molecule has 0 atom stereocenters. The van der Waals surface area contributed by atoms with E-state index in [-0.39, 0.29) is 0 Å². The van der Waals surface area contributed by atoms with Crippen molar-refractivity contribution in [2.75, 3.05) is 13.2 Å². The summed E-state index contributed by atoms with van der Waals surface area (Å²) >= 11 is 3.49. The maximum atomic E-state index is 5.23. The van der Waals surface area contributed by atoms with Crippen LogP contribution in [0.1, 0.15) is 11.9 Å². The largest absolute Gasteiger partial charge is 0.377 e. The summed E-state index contributed by atoms with van der Waals surface area (Å²) in [6.45, 7) is 3.66. The molecule has 0 bridgehead atoms. The highest BCUT2D eigenvalue weighted by Crippen LogP contribution is 2.27. The van der Waals surface area contributed by atoms with E-state index in [1.165, 1.54) is 5.52 Å². The molecule has 0 radical (unpaired) electrons. The Balaban J connectivity index is 2.25. The lowest BCUT2D eigenvalue weighted by atomic mass is 10.2. The van der Waals surface area contributed by atoms with Crippen LogP contribution in [0.5, 0.6) is 0 Å². The van der Waals surface area contributed by atoms with Crippen molar-refractivity contribution in [2.24, 2.45) is 0 Å². The number of rotatable bonds is 1. The predicted octanol–water partition coefficient (Wildman–Crippen LogP) is 2.68. The van der Waals surface area contributed by atoms with Crippen LogP contribution in [-0.2, 0) is 4.74 Å². The fourth-order valence-corrected chi connectivity index (χ4v) is 2.37. The highest BCUT2D eigenvalue weighted by molar-refractivity contribution is 9.10. The molecule has 4 heteroatoms. The smallest absolute Gasteiger partial charge is 0.107 e. The molecule has 78 valence electrons. The first-order valence-electron chi connectivity index (χ1n) is 4.97. The van der Waals surface area contributed by atoms with Crippen molar-refractivity contribution in [1.82, 2.24) is 9.55 Å². The zero-order valence-corrected chi connectivity index (χ0v) is 9.99. The first kappa shape index (κ1) is 9.36. The van der Waals surface area contributed by atoms with E-state index in [4.69, 9.17) is 4.74 Å². The molecule has 15 heavy (non-hydrogen) atoms. The molecular weight excluding hydrogens is 256 g/mol. The van der Waals surface area contributed by atoms with Gasteiger partial charge in [-0.15, -0.1) is 0 Å². The topological polar surface area (TPSA) is 27.1 Å². The first-order chi connectivity index (χ1) is 7.25. The van der Waals surface area contributed by atoms with E-state index in [2.05, 4.69) is 31.5 Å². The standard InChI is InChI=1S/C11H11BrN2O/c1-7-13-10-3-2-8(12)4-11(10)14(7)9-5-15-6-9/h2-4,9H,5-6H2,1H3. The van der Waals surface area contributed by atoms with Gasteiger partial charge in [0.2, 0.25) is 0 Å². The van der Waals surface area contributed by atoms with Crippen LogP contribution in [0.4, 0.5) is 0 Å². The summed E-state index contributed by atoms with van der Waals surface area (Å²) in [5, 5.41) is 0. The number of nitrogens with zero attached hydrogens (tertiary/aromatic N) is 2. The molecule has 1 fully saturated rings. The van der Waals surface area contributed by atoms with Gasteiger partial charge in [-0.1, -0.05) is 15.9 Å². The Kier molecular flexibility index (Phi) is 2.07. The van der Waals surface area contributed by atoms with Gasteiger partial charge in [0.15, 0.2) is 0 Å². The quantitative estimate of drug-likeness (QED) is 0.794. The van der Waals surface area contributed by atoms with Gasteiger partial charge in [-0.2, -0.15) is 0 Å². The highest BCUT2D eigenvalue weighted by atomic mass is 79.9. The number of hydrogen-bond acceptors (Lipinski definition) is 2. The van der Waals surface area contributed by atoms with Gasteiger partial charge in [0.25, 0.3) is 0 Å². The van der Waals surface area contributed by atoms with Gasteiger partial charge in [0, 0.05) is 4.47 Å². The van der Waals surface area contributed by atoms with Crippen LogP contribution in [0.2, 0.25) is 0 Å². The van der Waals surface area contributed by atoms with Crippen LogP contribution in [0.15, 0.2) is 22.7 Å². The third kappa shape index (κ3) is 1.40. The van der Waals surface area contributed by atoms with E-state index >= 15 is 0 Å². The summed E-state index contributed by atoms with van der Waals surface area (Å²) in [6.07, 6.45) is 0. The molecular formula is C11H11BrN2O. The summed E-state index contributed by atoms with van der Waals surface area (Å²) in [5.41, 5.74) is 2.25. The predicted molar refractivity (Wildman–Crippen MR) is 62.0 cm³/mol. The number of imidazole rings is 1. The van der Waals surface area contributed by atoms with Gasteiger partial charge in [-0.3, -0.25) is 0 Å². The Morgan fingerprint density at radius 1 is 1.47 bits per heavy atom. The molecule has 2 aromatic rings. The molecule has 3 rings (SSSR count). The fourth-order valence-electron chi connectivity index (χ4n) is 2.02. The molecule has 1 saturated heterocycles. The molecule has 1 aromatic carbocycles. The number of aryl methyl sites for hydroxylation is 1. The van der Waals surface area contributed by atoms with Crippen LogP contribution < -0.4 is 0 Å². The highest BCUT2D eigenvalue weighted by Gasteiger charge is 2.23. The first-order valence-corrected chi connectivity index (χ1v) is 5.77. The van der Waals surface area contributed by atoms with Gasteiger partial charge in [-0.05, 0) is 25.1 Å². The molecule has 0 unspecified atom stereocenters. The fraction of sp³-hybridized carbons (Fsp3) is 0.364.